The Balaban J connectivity index is 1.72. The third-order valence-corrected chi connectivity index (χ3v) is 4.89. The first-order chi connectivity index (χ1) is 12.4. The second-order valence-electron chi connectivity index (χ2n) is 5.37. The van der Waals surface area contributed by atoms with Crippen molar-refractivity contribution in [2.45, 2.75) is 20.0 Å². The van der Waals surface area contributed by atoms with E-state index in [0.29, 0.717) is 10.6 Å². The van der Waals surface area contributed by atoms with Crippen molar-refractivity contribution >= 4 is 55.9 Å². The number of hydrogen-bond donors (Lipinski definition) is 2. The number of fused-ring (bicyclic) bond motifs is 1. The highest BCUT2D eigenvalue weighted by Crippen LogP contribution is 2.26. The molecule has 0 saturated heterocycles. The Bertz CT molecular complexity index is 946. The monoisotopic (exact) mass is 390 g/mol. The Morgan fingerprint density at radius 2 is 2.00 bits per heavy atom. The highest BCUT2D eigenvalue weighted by molar-refractivity contribution is 7.20. The first kappa shape index (κ1) is 18.0. The number of hydrogen-bond acceptors (Lipinski definition) is 8. The summed E-state index contributed by atoms with van der Waals surface area (Å²) in [6.45, 7) is 3.35. The summed E-state index contributed by atoms with van der Waals surface area (Å²) in [5, 5.41) is 6.96. The summed E-state index contributed by atoms with van der Waals surface area (Å²) in [7, 11) is 0. The van der Waals surface area contributed by atoms with Crippen LogP contribution in [-0.2, 0) is 4.74 Å². The second kappa shape index (κ2) is 7.58. The summed E-state index contributed by atoms with van der Waals surface area (Å²) in [6.07, 6.45) is 0.407. The van der Waals surface area contributed by atoms with Gasteiger partial charge >= 0.3 is 6.09 Å². The van der Waals surface area contributed by atoms with E-state index in [0.717, 1.165) is 4.70 Å². The largest absolute Gasteiger partial charge is 0.447 e. The molecule has 0 spiro atoms. The number of carbonyl (C=O) groups excluding carboxylic acids is 3. The molecule has 0 saturated carbocycles. The topological polar surface area (TPSA) is 110 Å². The summed E-state index contributed by atoms with van der Waals surface area (Å²) in [4.78, 5) is 44.4. The van der Waals surface area contributed by atoms with Gasteiger partial charge < -0.3 is 10.1 Å². The van der Waals surface area contributed by atoms with Crippen molar-refractivity contribution in [1.82, 2.24) is 15.3 Å². The maximum Gasteiger partial charge on any atom is 0.414 e. The van der Waals surface area contributed by atoms with Gasteiger partial charge in [-0.2, -0.15) is 0 Å². The highest BCUT2D eigenvalue weighted by Gasteiger charge is 2.20. The standard InChI is InChI=1S/C16H14N4O4S2/c1-8(2)24-16(23)20-12(21)9-5-7-25-14(9)19-13(22)15-18-11-10(26-15)4-3-6-17-11/h3-8H,1-2H3,(H,19,22)(H,20,21,23). The number of anilines is 1. The number of pyridine rings is 1. The van der Waals surface area contributed by atoms with E-state index in [1.54, 1.807) is 31.5 Å². The maximum atomic E-state index is 12.4. The molecule has 0 fully saturated rings. The van der Waals surface area contributed by atoms with Crippen LogP contribution < -0.4 is 10.6 Å². The van der Waals surface area contributed by atoms with E-state index < -0.39 is 17.9 Å². The number of amides is 3. The average Bonchev–Trinajstić information content (AvgIpc) is 3.20. The van der Waals surface area contributed by atoms with Gasteiger partial charge in [-0.15, -0.1) is 22.7 Å². The predicted octanol–water partition coefficient (Wildman–Crippen LogP) is 3.28. The van der Waals surface area contributed by atoms with Crippen LogP contribution in [0, 0.1) is 0 Å². The van der Waals surface area contributed by atoms with Crippen molar-refractivity contribution in [2.75, 3.05) is 5.32 Å². The first-order valence-electron chi connectivity index (χ1n) is 7.56. The molecule has 3 amide bonds. The zero-order valence-corrected chi connectivity index (χ0v) is 15.4. The Kier molecular flexibility index (Phi) is 5.24. The summed E-state index contributed by atoms with van der Waals surface area (Å²) >= 11 is 2.37. The number of carbonyl (C=O) groups is 3. The van der Waals surface area contributed by atoms with Crippen molar-refractivity contribution in [1.29, 1.82) is 0 Å². The first-order valence-corrected chi connectivity index (χ1v) is 9.26. The SMILES string of the molecule is CC(C)OC(=O)NC(=O)c1ccsc1NC(=O)c1nc2ncccc2s1. The molecule has 0 bridgehead atoms. The quantitative estimate of drug-likeness (QED) is 0.707. The Morgan fingerprint density at radius 1 is 1.19 bits per heavy atom. The van der Waals surface area contributed by atoms with Crippen LogP contribution in [0.2, 0.25) is 0 Å². The minimum atomic E-state index is -0.842. The number of nitrogens with one attached hydrogen (secondary N) is 2. The smallest absolute Gasteiger partial charge is 0.414 e. The summed E-state index contributed by atoms with van der Waals surface area (Å²) < 4.78 is 5.66. The molecule has 3 heterocycles. The van der Waals surface area contributed by atoms with Crippen LogP contribution in [0.4, 0.5) is 9.80 Å². The fraction of sp³-hybridized carbons (Fsp3) is 0.188. The lowest BCUT2D eigenvalue weighted by Crippen LogP contribution is -2.32. The maximum absolute atomic E-state index is 12.4. The zero-order valence-electron chi connectivity index (χ0n) is 13.8. The van der Waals surface area contributed by atoms with Gasteiger partial charge in [0.05, 0.1) is 16.4 Å². The zero-order chi connectivity index (χ0) is 18.7. The van der Waals surface area contributed by atoms with E-state index in [4.69, 9.17) is 4.74 Å². The molecule has 2 N–H and O–H groups in total. The lowest BCUT2D eigenvalue weighted by molar-refractivity contribution is 0.0877. The number of aromatic nitrogens is 2. The number of rotatable bonds is 4. The number of nitrogens with zero attached hydrogens (tertiary/aromatic N) is 2. The predicted molar refractivity (Wildman–Crippen MR) is 98.8 cm³/mol. The van der Waals surface area contributed by atoms with Gasteiger partial charge in [-0.1, -0.05) is 0 Å². The summed E-state index contributed by atoms with van der Waals surface area (Å²) in [6, 6.07) is 5.10. The van der Waals surface area contributed by atoms with Crippen molar-refractivity contribution in [3.8, 4) is 0 Å². The molecule has 0 atom stereocenters. The van der Waals surface area contributed by atoms with Crippen molar-refractivity contribution in [2.24, 2.45) is 0 Å². The molecule has 0 radical (unpaired) electrons. The van der Waals surface area contributed by atoms with E-state index in [1.165, 1.54) is 28.7 Å². The molecule has 26 heavy (non-hydrogen) atoms. The fourth-order valence-corrected chi connectivity index (χ4v) is 3.61. The van der Waals surface area contributed by atoms with Crippen LogP contribution in [0.15, 0.2) is 29.8 Å². The summed E-state index contributed by atoms with van der Waals surface area (Å²) in [5.41, 5.74) is 0.659. The van der Waals surface area contributed by atoms with Gasteiger partial charge in [0.15, 0.2) is 10.7 Å². The Morgan fingerprint density at radius 3 is 2.73 bits per heavy atom. The van der Waals surface area contributed by atoms with Crippen molar-refractivity contribution in [3.05, 3.63) is 40.3 Å². The van der Waals surface area contributed by atoms with Crippen LogP contribution in [-0.4, -0.2) is 34.0 Å². The molecular formula is C16H14N4O4S2. The number of thiophene rings is 1. The van der Waals surface area contributed by atoms with Gasteiger partial charge in [-0.05, 0) is 37.4 Å². The third kappa shape index (κ3) is 4.03. The second-order valence-corrected chi connectivity index (χ2v) is 7.32. The minimum Gasteiger partial charge on any atom is -0.447 e. The van der Waals surface area contributed by atoms with Crippen LogP contribution in [0.1, 0.15) is 34.0 Å². The highest BCUT2D eigenvalue weighted by atomic mass is 32.1. The molecule has 10 heteroatoms. The molecule has 0 aliphatic rings. The average molecular weight is 390 g/mol. The van der Waals surface area contributed by atoms with Gasteiger partial charge in [0, 0.05) is 6.20 Å². The van der Waals surface area contributed by atoms with Crippen LogP contribution in [0.5, 0.6) is 0 Å². The number of alkyl carbamates (subject to hydrolysis) is 1. The van der Waals surface area contributed by atoms with E-state index in [2.05, 4.69) is 20.6 Å². The summed E-state index contributed by atoms with van der Waals surface area (Å²) in [5.74, 6) is -1.10. The third-order valence-electron chi connectivity index (χ3n) is 3.05. The van der Waals surface area contributed by atoms with Crippen LogP contribution >= 0.6 is 22.7 Å². The van der Waals surface area contributed by atoms with Crippen molar-refractivity contribution < 1.29 is 19.1 Å². The molecule has 134 valence electrons. The van der Waals surface area contributed by atoms with Crippen LogP contribution in [0.3, 0.4) is 0 Å². The molecule has 8 nitrogen and oxygen atoms in total. The van der Waals surface area contributed by atoms with Crippen molar-refractivity contribution in [3.63, 3.8) is 0 Å². The normalized spacial score (nSPS) is 10.7. The number of thiazole rings is 1. The Labute approximate surface area is 156 Å². The number of imide groups is 1. The van der Waals surface area contributed by atoms with E-state index in [-0.39, 0.29) is 16.7 Å². The molecule has 0 aliphatic heterocycles. The van der Waals surface area contributed by atoms with Gasteiger partial charge in [0.25, 0.3) is 11.8 Å². The minimum absolute atomic E-state index is 0.170. The molecule has 0 aliphatic carbocycles. The molecule has 3 rings (SSSR count). The van der Waals surface area contributed by atoms with E-state index in [1.807, 2.05) is 6.07 Å². The van der Waals surface area contributed by atoms with Gasteiger partial charge in [0.2, 0.25) is 0 Å². The molecule has 0 unspecified atom stereocenters. The van der Waals surface area contributed by atoms with E-state index >= 15 is 0 Å². The molecule has 0 aromatic carbocycles. The van der Waals surface area contributed by atoms with Gasteiger partial charge in [0.1, 0.15) is 5.00 Å². The molecule has 3 aromatic rings. The van der Waals surface area contributed by atoms with Gasteiger partial charge in [-0.3, -0.25) is 14.9 Å². The van der Waals surface area contributed by atoms with Crippen LogP contribution in [0.25, 0.3) is 10.3 Å². The fourth-order valence-electron chi connectivity index (χ4n) is 2.01. The molecular weight excluding hydrogens is 376 g/mol. The lowest BCUT2D eigenvalue weighted by Gasteiger charge is -2.09. The lowest BCUT2D eigenvalue weighted by atomic mass is 10.3. The number of ether oxygens (including phenoxy) is 1. The Hall–Kier alpha value is -2.85. The molecule has 3 aromatic heterocycles. The van der Waals surface area contributed by atoms with Gasteiger partial charge in [-0.25, -0.2) is 14.8 Å². The van der Waals surface area contributed by atoms with E-state index in [9.17, 15) is 14.4 Å².